The molecule has 4 atom stereocenters. The molecule has 0 amide bonds. The number of fused-ring (bicyclic) bond motifs is 2. The van der Waals surface area contributed by atoms with Gasteiger partial charge in [-0.1, -0.05) is 64.7 Å². The van der Waals surface area contributed by atoms with E-state index in [9.17, 15) is 4.79 Å². The molecule has 0 aromatic carbocycles. The van der Waals surface area contributed by atoms with Crippen molar-refractivity contribution in [1.29, 1.82) is 0 Å². The average molecular weight is 347 g/mol. The second kappa shape index (κ2) is 9.05. The van der Waals surface area contributed by atoms with Gasteiger partial charge in [0.2, 0.25) is 0 Å². The second-order valence-corrected chi connectivity index (χ2v) is 9.01. The van der Waals surface area contributed by atoms with Gasteiger partial charge in [-0.3, -0.25) is 0 Å². The topological polar surface area (TPSA) is 26.3 Å². The first-order chi connectivity index (χ1) is 11.8. The lowest BCUT2D eigenvalue weighted by atomic mass is 9.63. The Kier molecular flexibility index (Phi) is 7.34. The fourth-order valence-corrected chi connectivity index (χ4v) is 4.83. The van der Waals surface area contributed by atoms with E-state index in [4.69, 9.17) is 4.74 Å². The van der Waals surface area contributed by atoms with Crippen LogP contribution in [0.3, 0.4) is 0 Å². The van der Waals surface area contributed by atoms with E-state index in [1.807, 2.05) is 0 Å². The van der Waals surface area contributed by atoms with Crippen LogP contribution in [0.2, 0.25) is 0 Å². The quantitative estimate of drug-likeness (QED) is 0.203. The summed E-state index contributed by atoms with van der Waals surface area (Å²) in [5, 5.41) is 0. The lowest BCUT2D eigenvalue weighted by Gasteiger charge is -2.44. The Balaban J connectivity index is 2.10. The molecule has 0 aromatic rings. The second-order valence-electron chi connectivity index (χ2n) is 9.01. The van der Waals surface area contributed by atoms with E-state index in [1.165, 1.54) is 51.4 Å². The Morgan fingerprint density at radius 2 is 2.16 bits per heavy atom. The van der Waals surface area contributed by atoms with Gasteiger partial charge in [0, 0.05) is 11.5 Å². The third-order valence-corrected chi connectivity index (χ3v) is 6.20. The van der Waals surface area contributed by atoms with Crippen LogP contribution in [0.15, 0.2) is 23.8 Å². The molecule has 0 saturated heterocycles. The van der Waals surface area contributed by atoms with Crippen molar-refractivity contribution in [2.45, 2.75) is 98.0 Å². The molecule has 2 rings (SSSR count). The maximum atomic E-state index is 12.3. The average Bonchev–Trinajstić information content (AvgIpc) is 2.54. The first kappa shape index (κ1) is 20.3. The fraction of sp³-hybridized carbons (Fsp3) is 0.783. The molecular weight excluding hydrogens is 308 g/mol. The summed E-state index contributed by atoms with van der Waals surface area (Å²) in [4.78, 5) is 12.3. The molecule has 2 nitrogen and oxygen atoms in total. The van der Waals surface area contributed by atoms with Crippen LogP contribution in [0, 0.1) is 17.3 Å². The van der Waals surface area contributed by atoms with Gasteiger partial charge in [-0.2, -0.15) is 0 Å². The van der Waals surface area contributed by atoms with Gasteiger partial charge in [-0.05, 0) is 56.8 Å². The van der Waals surface area contributed by atoms with E-state index in [1.54, 1.807) is 12.5 Å². The molecule has 1 saturated carbocycles. The van der Waals surface area contributed by atoms with Crippen LogP contribution in [-0.2, 0) is 9.53 Å². The molecule has 1 fully saturated rings. The summed E-state index contributed by atoms with van der Waals surface area (Å²) in [5.41, 5.74) is 2.51. The molecule has 25 heavy (non-hydrogen) atoms. The van der Waals surface area contributed by atoms with Crippen molar-refractivity contribution >= 4 is 5.97 Å². The first-order valence-electron chi connectivity index (χ1n) is 10.4. The number of hydrogen-bond donors (Lipinski definition) is 0. The SMILES string of the molecule is C=C(C)C(=O)OC(C(C)CCCCCC)C1C=C2CCCC(C)(C2)C1. The molecule has 2 aliphatic rings. The lowest BCUT2D eigenvalue weighted by Crippen LogP contribution is -2.39. The molecule has 142 valence electrons. The summed E-state index contributed by atoms with van der Waals surface area (Å²) < 4.78 is 6.00. The third kappa shape index (κ3) is 5.72. The molecule has 2 aliphatic carbocycles. The van der Waals surface area contributed by atoms with Gasteiger partial charge in [-0.15, -0.1) is 0 Å². The van der Waals surface area contributed by atoms with E-state index < -0.39 is 0 Å². The molecule has 2 bridgehead atoms. The van der Waals surface area contributed by atoms with Crippen LogP contribution >= 0.6 is 0 Å². The minimum Gasteiger partial charge on any atom is -0.458 e. The number of carbonyl (C=O) groups is 1. The standard InChI is InChI=1S/C23H38O2/c1-6-7-8-9-11-18(4)21(25-22(24)17(2)3)20-14-19-12-10-13-23(5,15-19)16-20/h14,18,20-21H,2,6-13,15-16H2,1,3-5H3. The number of rotatable bonds is 9. The Bertz CT molecular complexity index is 504. The van der Waals surface area contributed by atoms with Crippen LogP contribution < -0.4 is 0 Å². The lowest BCUT2D eigenvalue weighted by molar-refractivity contribution is -0.150. The van der Waals surface area contributed by atoms with Crippen molar-refractivity contribution in [3.8, 4) is 0 Å². The largest absolute Gasteiger partial charge is 0.458 e. The molecule has 0 aromatic heterocycles. The highest BCUT2D eigenvalue weighted by Crippen LogP contribution is 2.49. The first-order valence-corrected chi connectivity index (χ1v) is 10.4. The fourth-order valence-electron chi connectivity index (χ4n) is 4.83. The minimum absolute atomic E-state index is 0.00134. The number of hydrogen-bond acceptors (Lipinski definition) is 2. The predicted molar refractivity (Wildman–Crippen MR) is 105 cm³/mol. The van der Waals surface area contributed by atoms with Crippen LogP contribution in [0.4, 0.5) is 0 Å². The maximum absolute atomic E-state index is 12.3. The van der Waals surface area contributed by atoms with Crippen LogP contribution in [0.25, 0.3) is 0 Å². The number of unbranched alkanes of at least 4 members (excludes halogenated alkanes) is 3. The van der Waals surface area contributed by atoms with Crippen LogP contribution in [0.5, 0.6) is 0 Å². The molecular formula is C23H38O2. The summed E-state index contributed by atoms with van der Waals surface area (Å²) in [6.07, 6.45) is 14.9. The smallest absolute Gasteiger partial charge is 0.333 e. The molecule has 0 aliphatic heterocycles. The molecule has 0 radical (unpaired) electrons. The zero-order valence-corrected chi connectivity index (χ0v) is 16.9. The number of allylic oxidation sites excluding steroid dienone is 1. The van der Waals surface area contributed by atoms with Crippen molar-refractivity contribution in [3.05, 3.63) is 23.8 Å². The van der Waals surface area contributed by atoms with Crippen molar-refractivity contribution in [2.75, 3.05) is 0 Å². The molecule has 0 spiro atoms. The molecule has 0 N–H and O–H groups in total. The summed E-state index contributed by atoms with van der Waals surface area (Å²) in [5.74, 6) is 0.563. The van der Waals surface area contributed by atoms with Crippen molar-refractivity contribution in [3.63, 3.8) is 0 Å². The molecule has 4 unspecified atom stereocenters. The summed E-state index contributed by atoms with van der Waals surface area (Å²) in [7, 11) is 0. The summed E-state index contributed by atoms with van der Waals surface area (Å²) in [6, 6.07) is 0. The molecule has 0 heterocycles. The van der Waals surface area contributed by atoms with Gasteiger partial charge in [0.25, 0.3) is 0 Å². The van der Waals surface area contributed by atoms with Gasteiger partial charge in [0.15, 0.2) is 0 Å². The summed E-state index contributed by atoms with van der Waals surface area (Å²) >= 11 is 0. The Labute approximate surface area is 155 Å². The highest BCUT2D eigenvalue weighted by Gasteiger charge is 2.40. The van der Waals surface area contributed by atoms with Gasteiger partial charge >= 0.3 is 5.97 Å². The van der Waals surface area contributed by atoms with Crippen molar-refractivity contribution < 1.29 is 9.53 Å². The van der Waals surface area contributed by atoms with E-state index in [0.29, 0.717) is 22.8 Å². The number of carbonyl (C=O) groups excluding carboxylic acids is 1. The Hall–Kier alpha value is -1.05. The van der Waals surface area contributed by atoms with Gasteiger partial charge in [-0.25, -0.2) is 4.79 Å². The monoisotopic (exact) mass is 346 g/mol. The van der Waals surface area contributed by atoms with E-state index >= 15 is 0 Å². The normalized spacial score (nSPS) is 28.0. The maximum Gasteiger partial charge on any atom is 0.333 e. The van der Waals surface area contributed by atoms with Crippen LogP contribution in [-0.4, -0.2) is 12.1 Å². The van der Waals surface area contributed by atoms with Gasteiger partial charge in [0.05, 0.1) is 0 Å². The predicted octanol–water partition coefficient (Wildman–Crippen LogP) is 6.61. The van der Waals surface area contributed by atoms with E-state index in [-0.39, 0.29) is 12.1 Å². The Morgan fingerprint density at radius 3 is 2.80 bits per heavy atom. The highest BCUT2D eigenvalue weighted by molar-refractivity contribution is 5.87. The van der Waals surface area contributed by atoms with Crippen LogP contribution in [0.1, 0.15) is 91.9 Å². The number of esters is 1. The van der Waals surface area contributed by atoms with Crippen molar-refractivity contribution in [1.82, 2.24) is 0 Å². The third-order valence-electron chi connectivity index (χ3n) is 6.20. The molecule has 2 heteroatoms. The minimum atomic E-state index is -0.218. The van der Waals surface area contributed by atoms with E-state index in [0.717, 1.165) is 12.8 Å². The van der Waals surface area contributed by atoms with Gasteiger partial charge < -0.3 is 4.74 Å². The number of ether oxygens (including phenoxy) is 1. The highest BCUT2D eigenvalue weighted by atomic mass is 16.5. The van der Waals surface area contributed by atoms with Crippen molar-refractivity contribution in [2.24, 2.45) is 17.3 Å². The van der Waals surface area contributed by atoms with Gasteiger partial charge in [0.1, 0.15) is 6.10 Å². The summed E-state index contributed by atoms with van der Waals surface area (Å²) in [6.45, 7) is 12.5. The zero-order chi connectivity index (χ0) is 18.4. The Morgan fingerprint density at radius 1 is 1.40 bits per heavy atom. The zero-order valence-electron chi connectivity index (χ0n) is 16.9. The van der Waals surface area contributed by atoms with E-state index in [2.05, 4.69) is 33.4 Å².